The van der Waals surface area contributed by atoms with Gasteiger partial charge in [-0.25, -0.2) is 0 Å². The molecule has 4 rings (SSSR count). The molecule has 0 aliphatic heterocycles. The standard InChI is InChI=1S/C31H37N3O4/c1-21(2)38-30-14-11-23(22-9-12-26(13-10-22)37-16-15-34(3)4)18-28(30)31(36)33-25(20-35)17-24-19-32-29-8-6-5-7-27(24)29/h5-14,18-19,21,25,32,35H,15-17,20H2,1-4H3,(H,33,36)/t25-/m1/s1. The molecule has 0 aliphatic rings. The van der Waals surface area contributed by atoms with Gasteiger partial charge in [0.25, 0.3) is 5.91 Å². The normalized spacial score (nSPS) is 12.2. The molecule has 38 heavy (non-hydrogen) atoms. The molecule has 0 saturated heterocycles. The van der Waals surface area contributed by atoms with Gasteiger partial charge in [-0.15, -0.1) is 0 Å². The number of aliphatic hydroxyl groups excluding tert-OH is 1. The number of amides is 1. The molecule has 1 amide bonds. The molecule has 3 aromatic carbocycles. The number of nitrogens with one attached hydrogen (secondary N) is 2. The first-order valence-corrected chi connectivity index (χ1v) is 13.0. The zero-order chi connectivity index (χ0) is 27.1. The van der Waals surface area contributed by atoms with Gasteiger partial charge in [-0.2, -0.15) is 0 Å². The van der Waals surface area contributed by atoms with Gasteiger partial charge in [0.2, 0.25) is 0 Å². The molecular formula is C31H37N3O4. The quantitative estimate of drug-likeness (QED) is 0.250. The smallest absolute Gasteiger partial charge is 0.255 e. The molecule has 7 nitrogen and oxygen atoms in total. The molecule has 0 saturated carbocycles. The molecule has 200 valence electrons. The number of ether oxygens (including phenoxy) is 2. The number of para-hydroxylation sites is 1. The van der Waals surface area contributed by atoms with Gasteiger partial charge < -0.3 is 29.8 Å². The van der Waals surface area contributed by atoms with Crippen molar-refractivity contribution in [1.82, 2.24) is 15.2 Å². The minimum Gasteiger partial charge on any atom is -0.492 e. The molecule has 0 aliphatic carbocycles. The van der Waals surface area contributed by atoms with E-state index >= 15 is 0 Å². The van der Waals surface area contributed by atoms with Crippen molar-refractivity contribution in [3.63, 3.8) is 0 Å². The molecule has 4 aromatic rings. The number of fused-ring (bicyclic) bond motifs is 1. The van der Waals surface area contributed by atoms with Gasteiger partial charge in [-0.05, 0) is 81.4 Å². The number of H-pyrrole nitrogens is 1. The number of likely N-dealkylation sites (N-methyl/N-ethyl adjacent to an activating group) is 1. The Hall–Kier alpha value is -3.81. The average Bonchev–Trinajstić information content (AvgIpc) is 3.31. The van der Waals surface area contributed by atoms with Crippen LogP contribution in [-0.2, 0) is 6.42 Å². The summed E-state index contributed by atoms with van der Waals surface area (Å²) >= 11 is 0. The van der Waals surface area contributed by atoms with E-state index in [9.17, 15) is 9.90 Å². The minimum atomic E-state index is -0.448. The average molecular weight is 516 g/mol. The van der Waals surface area contributed by atoms with Crippen LogP contribution in [0.4, 0.5) is 0 Å². The Morgan fingerprint density at radius 2 is 1.76 bits per heavy atom. The van der Waals surface area contributed by atoms with Crippen LogP contribution in [0, 0.1) is 0 Å². The summed E-state index contributed by atoms with van der Waals surface area (Å²) in [5.74, 6) is 1.02. The Bertz CT molecular complexity index is 1350. The van der Waals surface area contributed by atoms with Gasteiger partial charge in [-0.3, -0.25) is 4.79 Å². The molecule has 0 fully saturated rings. The fourth-order valence-electron chi connectivity index (χ4n) is 4.32. The topological polar surface area (TPSA) is 86.8 Å². The molecule has 0 unspecified atom stereocenters. The minimum absolute atomic E-state index is 0.0918. The number of hydrogen-bond donors (Lipinski definition) is 3. The van der Waals surface area contributed by atoms with Crippen molar-refractivity contribution in [2.75, 3.05) is 33.9 Å². The number of aromatic nitrogens is 1. The second-order valence-corrected chi connectivity index (χ2v) is 9.97. The third-order valence-electron chi connectivity index (χ3n) is 6.28. The molecule has 0 bridgehead atoms. The number of aliphatic hydroxyl groups is 1. The van der Waals surface area contributed by atoms with Crippen LogP contribution in [0.2, 0.25) is 0 Å². The number of rotatable bonds is 12. The maximum Gasteiger partial charge on any atom is 0.255 e. The number of hydrogen-bond acceptors (Lipinski definition) is 5. The number of carbonyl (C=O) groups is 1. The van der Waals surface area contributed by atoms with E-state index in [0.717, 1.165) is 39.9 Å². The van der Waals surface area contributed by atoms with Crippen molar-refractivity contribution in [3.05, 3.63) is 84.1 Å². The van der Waals surface area contributed by atoms with Crippen LogP contribution >= 0.6 is 0 Å². The van der Waals surface area contributed by atoms with Crippen molar-refractivity contribution >= 4 is 16.8 Å². The highest BCUT2D eigenvalue weighted by Crippen LogP contribution is 2.29. The van der Waals surface area contributed by atoms with Crippen LogP contribution in [-0.4, -0.2) is 66.9 Å². The van der Waals surface area contributed by atoms with Gasteiger partial charge in [0, 0.05) is 23.6 Å². The molecule has 1 heterocycles. The third-order valence-corrected chi connectivity index (χ3v) is 6.28. The summed E-state index contributed by atoms with van der Waals surface area (Å²) in [7, 11) is 4.02. The highest BCUT2D eigenvalue weighted by atomic mass is 16.5. The van der Waals surface area contributed by atoms with E-state index in [-0.39, 0.29) is 18.6 Å². The fraction of sp³-hybridized carbons (Fsp3) is 0.323. The summed E-state index contributed by atoms with van der Waals surface area (Å²) in [4.78, 5) is 18.8. The van der Waals surface area contributed by atoms with Gasteiger partial charge in [0.05, 0.1) is 24.3 Å². The highest BCUT2D eigenvalue weighted by molar-refractivity contribution is 5.98. The molecule has 3 N–H and O–H groups in total. The molecule has 7 heteroatoms. The van der Waals surface area contributed by atoms with E-state index in [4.69, 9.17) is 9.47 Å². The lowest BCUT2D eigenvalue weighted by Crippen LogP contribution is -2.39. The lowest BCUT2D eigenvalue weighted by Gasteiger charge is -2.19. The highest BCUT2D eigenvalue weighted by Gasteiger charge is 2.20. The van der Waals surface area contributed by atoms with E-state index < -0.39 is 6.04 Å². The SMILES string of the molecule is CC(C)Oc1ccc(-c2ccc(OCCN(C)C)cc2)cc1C(=O)N[C@@H](CO)Cc1c[nH]c2ccccc12. The van der Waals surface area contributed by atoms with Crippen LogP contribution in [0.3, 0.4) is 0 Å². The zero-order valence-electron chi connectivity index (χ0n) is 22.5. The fourth-order valence-corrected chi connectivity index (χ4v) is 4.32. The summed E-state index contributed by atoms with van der Waals surface area (Å²) in [6.07, 6.45) is 2.34. The van der Waals surface area contributed by atoms with Crippen molar-refractivity contribution in [2.24, 2.45) is 0 Å². The van der Waals surface area contributed by atoms with Crippen LogP contribution in [0.15, 0.2) is 72.9 Å². The van der Waals surface area contributed by atoms with Crippen molar-refractivity contribution in [2.45, 2.75) is 32.4 Å². The van der Waals surface area contributed by atoms with Crippen LogP contribution in [0.1, 0.15) is 29.8 Å². The summed E-state index contributed by atoms with van der Waals surface area (Å²) in [6.45, 7) is 5.13. The van der Waals surface area contributed by atoms with Crippen LogP contribution in [0.25, 0.3) is 22.0 Å². The molecule has 1 atom stereocenters. The largest absolute Gasteiger partial charge is 0.492 e. The lowest BCUT2D eigenvalue weighted by atomic mass is 10.0. The van der Waals surface area contributed by atoms with Gasteiger partial charge in [0.1, 0.15) is 18.1 Å². The first-order chi connectivity index (χ1) is 18.3. The molecule has 0 spiro atoms. The van der Waals surface area contributed by atoms with E-state index in [0.29, 0.717) is 24.3 Å². The Morgan fingerprint density at radius 3 is 2.47 bits per heavy atom. The van der Waals surface area contributed by atoms with E-state index in [1.165, 1.54) is 0 Å². The third kappa shape index (κ3) is 6.94. The summed E-state index contributed by atoms with van der Waals surface area (Å²) < 4.78 is 11.8. The predicted octanol–water partition coefficient (Wildman–Crippen LogP) is 4.90. The van der Waals surface area contributed by atoms with Crippen LogP contribution < -0.4 is 14.8 Å². The summed E-state index contributed by atoms with van der Waals surface area (Å²) in [5, 5.41) is 14.2. The Balaban J connectivity index is 1.53. The number of nitrogens with zero attached hydrogens (tertiary/aromatic N) is 1. The Morgan fingerprint density at radius 1 is 1.03 bits per heavy atom. The van der Waals surface area contributed by atoms with Crippen molar-refractivity contribution in [3.8, 4) is 22.6 Å². The number of carbonyl (C=O) groups excluding carboxylic acids is 1. The van der Waals surface area contributed by atoms with Gasteiger partial charge in [0.15, 0.2) is 0 Å². The first-order valence-electron chi connectivity index (χ1n) is 13.0. The predicted molar refractivity (Wildman–Crippen MR) is 152 cm³/mol. The monoisotopic (exact) mass is 515 g/mol. The van der Waals surface area contributed by atoms with E-state index in [2.05, 4.69) is 15.2 Å². The van der Waals surface area contributed by atoms with Gasteiger partial charge in [-0.1, -0.05) is 36.4 Å². The second-order valence-electron chi connectivity index (χ2n) is 9.97. The molecule has 1 aromatic heterocycles. The summed E-state index contributed by atoms with van der Waals surface area (Å²) in [6, 6.07) is 21.0. The Labute approximate surface area is 224 Å². The van der Waals surface area contributed by atoms with E-state index in [1.54, 1.807) is 0 Å². The molecule has 0 radical (unpaired) electrons. The maximum atomic E-state index is 13.5. The van der Waals surface area contributed by atoms with Crippen molar-refractivity contribution in [1.29, 1.82) is 0 Å². The van der Waals surface area contributed by atoms with Gasteiger partial charge >= 0.3 is 0 Å². The number of benzene rings is 3. The first kappa shape index (κ1) is 27.2. The maximum absolute atomic E-state index is 13.5. The van der Waals surface area contributed by atoms with Crippen molar-refractivity contribution < 1.29 is 19.4 Å². The lowest BCUT2D eigenvalue weighted by molar-refractivity contribution is 0.0910. The zero-order valence-corrected chi connectivity index (χ0v) is 22.5. The summed E-state index contributed by atoms with van der Waals surface area (Å²) in [5.41, 5.74) is 4.36. The van der Waals surface area contributed by atoms with E-state index in [1.807, 2.05) is 101 Å². The number of aromatic amines is 1. The second kappa shape index (κ2) is 12.6. The molecular weight excluding hydrogens is 478 g/mol. The van der Waals surface area contributed by atoms with Crippen LogP contribution in [0.5, 0.6) is 11.5 Å². The Kier molecular flexibility index (Phi) is 9.05.